The highest BCUT2D eigenvalue weighted by Gasteiger charge is 2.38. The van der Waals surface area contributed by atoms with Crippen LogP contribution in [0.2, 0.25) is 0 Å². The van der Waals surface area contributed by atoms with Crippen molar-refractivity contribution in [1.82, 2.24) is 4.90 Å². The lowest BCUT2D eigenvalue weighted by molar-refractivity contribution is -0.137. The van der Waals surface area contributed by atoms with Crippen molar-refractivity contribution < 1.29 is 19.1 Å². The highest BCUT2D eigenvalue weighted by atomic mass is 32.2. The Balaban J connectivity index is 2.25. The number of ether oxygens (including phenoxy) is 2. The van der Waals surface area contributed by atoms with Gasteiger partial charge in [-0.2, -0.15) is 0 Å². The summed E-state index contributed by atoms with van der Waals surface area (Å²) in [6.45, 7) is 8.93. The summed E-state index contributed by atoms with van der Waals surface area (Å²) < 4.78 is 10.9. The maximum absolute atomic E-state index is 12.8. The number of carbonyl (C=O) groups excluding carboxylic acids is 2. The van der Waals surface area contributed by atoms with E-state index in [-0.39, 0.29) is 24.5 Å². The van der Waals surface area contributed by atoms with Gasteiger partial charge < -0.3 is 9.47 Å². The van der Waals surface area contributed by atoms with Gasteiger partial charge in [0.05, 0.1) is 36.3 Å². The molecule has 1 aliphatic rings. The van der Waals surface area contributed by atoms with Gasteiger partial charge in [-0.1, -0.05) is 19.1 Å². The summed E-state index contributed by atoms with van der Waals surface area (Å²) in [5, 5.41) is 0. The molecule has 0 spiro atoms. The zero-order chi connectivity index (χ0) is 18.4. The Morgan fingerprint density at radius 3 is 2.32 bits per heavy atom. The zero-order valence-corrected chi connectivity index (χ0v) is 16.0. The van der Waals surface area contributed by atoms with Crippen LogP contribution in [-0.4, -0.2) is 48.3 Å². The molecule has 0 N–H and O–H groups in total. The third-order valence-electron chi connectivity index (χ3n) is 3.63. The average Bonchev–Trinajstić information content (AvgIpc) is 2.80. The van der Waals surface area contributed by atoms with Gasteiger partial charge in [0.1, 0.15) is 5.75 Å². The molecule has 2 rings (SSSR count). The van der Waals surface area contributed by atoms with Gasteiger partial charge in [-0.25, -0.2) is 0 Å². The third-order valence-corrected chi connectivity index (χ3v) is 4.59. The topological polar surface area (TPSA) is 55.8 Å². The van der Waals surface area contributed by atoms with Crippen LogP contribution in [0, 0.1) is 0 Å². The molecule has 1 aromatic carbocycles. The van der Waals surface area contributed by atoms with E-state index in [0.29, 0.717) is 23.7 Å². The lowest BCUT2D eigenvalue weighted by atomic mass is 10.1. The van der Waals surface area contributed by atoms with Crippen LogP contribution in [0.25, 0.3) is 5.57 Å². The van der Waals surface area contributed by atoms with Gasteiger partial charge in [0.2, 0.25) is 0 Å². The number of hydrogen-bond acceptors (Lipinski definition) is 5. The Kier molecular flexibility index (Phi) is 7.08. The molecule has 0 saturated carbocycles. The summed E-state index contributed by atoms with van der Waals surface area (Å²) in [6, 6.07) is 7.30. The molecule has 136 valence electrons. The highest BCUT2D eigenvalue weighted by Crippen LogP contribution is 2.36. The maximum atomic E-state index is 12.8. The molecule has 0 saturated heterocycles. The van der Waals surface area contributed by atoms with Gasteiger partial charge in [0.25, 0.3) is 11.8 Å². The molecule has 0 radical (unpaired) electrons. The first-order valence-electron chi connectivity index (χ1n) is 8.57. The van der Waals surface area contributed by atoms with E-state index in [2.05, 4.69) is 0 Å². The molecular formula is C19H25NO4S. The smallest absolute Gasteiger partial charge is 0.268 e. The third kappa shape index (κ3) is 4.64. The minimum Gasteiger partial charge on any atom is -0.494 e. The normalized spacial score (nSPS) is 14.8. The Hall–Kier alpha value is -1.79. The molecule has 6 heteroatoms. The molecule has 0 atom stereocenters. The van der Waals surface area contributed by atoms with Crippen LogP contribution in [0.15, 0.2) is 29.2 Å². The standard InChI is InChI=1S/C19H25NO4S/c1-5-23-15-9-7-14(8-10-15)16-17(25-6-2)19(22)20(18(16)21)11-12-24-13(3)4/h7-10,13H,5-6,11-12H2,1-4H3. The molecule has 5 nitrogen and oxygen atoms in total. The first-order valence-corrected chi connectivity index (χ1v) is 9.56. The monoisotopic (exact) mass is 363 g/mol. The minimum absolute atomic E-state index is 0.0656. The number of hydrogen-bond donors (Lipinski definition) is 0. The molecule has 1 aliphatic heterocycles. The molecule has 0 unspecified atom stereocenters. The first-order chi connectivity index (χ1) is 12.0. The van der Waals surface area contributed by atoms with Crippen LogP contribution in [0.1, 0.15) is 33.3 Å². The number of benzene rings is 1. The number of rotatable bonds is 9. The molecule has 0 bridgehead atoms. The molecule has 0 fully saturated rings. The molecule has 2 amide bonds. The minimum atomic E-state index is -0.252. The highest BCUT2D eigenvalue weighted by molar-refractivity contribution is 8.04. The summed E-state index contributed by atoms with van der Waals surface area (Å²) in [6.07, 6.45) is 0.0656. The van der Waals surface area contributed by atoms with Crippen molar-refractivity contribution in [3.8, 4) is 5.75 Å². The number of thioether (sulfide) groups is 1. The van der Waals surface area contributed by atoms with Crippen molar-refractivity contribution >= 4 is 29.1 Å². The largest absolute Gasteiger partial charge is 0.494 e. The number of nitrogens with zero attached hydrogens (tertiary/aromatic N) is 1. The Morgan fingerprint density at radius 1 is 1.08 bits per heavy atom. The van der Waals surface area contributed by atoms with E-state index in [1.807, 2.05) is 52.0 Å². The van der Waals surface area contributed by atoms with E-state index in [9.17, 15) is 9.59 Å². The van der Waals surface area contributed by atoms with E-state index < -0.39 is 0 Å². The van der Waals surface area contributed by atoms with Crippen molar-refractivity contribution in [2.75, 3.05) is 25.5 Å². The summed E-state index contributed by atoms with van der Waals surface area (Å²) in [5.74, 6) is 0.992. The van der Waals surface area contributed by atoms with E-state index in [4.69, 9.17) is 9.47 Å². The number of imide groups is 1. The van der Waals surface area contributed by atoms with Gasteiger partial charge in [-0.3, -0.25) is 14.5 Å². The van der Waals surface area contributed by atoms with Crippen molar-refractivity contribution in [2.24, 2.45) is 0 Å². The van der Waals surface area contributed by atoms with E-state index in [1.54, 1.807) is 0 Å². The van der Waals surface area contributed by atoms with Crippen molar-refractivity contribution in [2.45, 2.75) is 33.8 Å². The molecular weight excluding hydrogens is 338 g/mol. The van der Waals surface area contributed by atoms with Gasteiger partial charge >= 0.3 is 0 Å². The summed E-state index contributed by atoms with van der Waals surface area (Å²) in [4.78, 5) is 27.3. The van der Waals surface area contributed by atoms with Gasteiger partial charge in [-0.05, 0) is 44.2 Å². The molecule has 1 heterocycles. The van der Waals surface area contributed by atoms with Crippen LogP contribution < -0.4 is 4.74 Å². The predicted molar refractivity (Wildman–Crippen MR) is 100 cm³/mol. The van der Waals surface area contributed by atoms with Crippen LogP contribution in [0.3, 0.4) is 0 Å². The summed E-state index contributed by atoms with van der Waals surface area (Å²) in [7, 11) is 0. The van der Waals surface area contributed by atoms with Gasteiger partial charge in [0, 0.05) is 0 Å². The van der Waals surface area contributed by atoms with Crippen molar-refractivity contribution in [1.29, 1.82) is 0 Å². The SMILES string of the molecule is CCOc1ccc(C2=C(SCC)C(=O)N(CCOC(C)C)C2=O)cc1. The number of amides is 2. The van der Waals surface area contributed by atoms with Crippen molar-refractivity contribution in [3.63, 3.8) is 0 Å². The fourth-order valence-electron chi connectivity index (χ4n) is 2.55. The van der Waals surface area contributed by atoms with Crippen LogP contribution in [0.4, 0.5) is 0 Å². The fraction of sp³-hybridized carbons (Fsp3) is 0.474. The quantitative estimate of drug-likeness (QED) is 0.630. The zero-order valence-electron chi connectivity index (χ0n) is 15.2. The van der Waals surface area contributed by atoms with Gasteiger partial charge in [0.15, 0.2) is 0 Å². The van der Waals surface area contributed by atoms with E-state index >= 15 is 0 Å². The lowest BCUT2D eigenvalue weighted by Crippen LogP contribution is -2.35. The second-order valence-corrected chi connectivity index (χ2v) is 7.05. The van der Waals surface area contributed by atoms with Gasteiger partial charge in [-0.15, -0.1) is 11.8 Å². The fourth-order valence-corrected chi connectivity index (χ4v) is 3.43. The Labute approximate surface area is 153 Å². The lowest BCUT2D eigenvalue weighted by Gasteiger charge is -2.16. The molecule has 25 heavy (non-hydrogen) atoms. The molecule has 0 aliphatic carbocycles. The average molecular weight is 363 g/mol. The van der Waals surface area contributed by atoms with Crippen molar-refractivity contribution in [3.05, 3.63) is 34.7 Å². The summed E-state index contributed by atoms with van der Waals surface area (Å²) in [5.41, 5.74) is 1.22. The summed E-state index contributed by atoms with van der Waals surface area (Å²) >= 11 is 1.41. The Morgan fingerprint density at radius 2 is 1.76 bits per heavy atom. The van der Waals surface area contributed by atoms with Crippen LogP contribution in [-0.2, 0) is 14.3 Å². The van der Waals surface area contributed by atoms with E-state index in [0.717, 1.165) is 17.1 Å². The second-order valence-electron chi connectivity index (χ2n) is 5.78. The van der Waals surface area contributed by atoms with Crippen LogP contribution in [0.5, 0.6) is 5.75 Å². The van der Waals surface area contributed by atoms with E-state index in [1.165, 1.54) is 16.7 Å². The maximum Gasteiger partial charge on any atom is 0.268 e. The molecule has 0 aromatic heterocycles. The number of carbonyl (C=O) groups is 2. The van der Waals surface area contributed by atoms with Crippen LogP contribution >= 0.6 is 11.8 Å². The predicted octanol–water partition coefficient (Wildman–Crippen LogP) is 3.34. The Bertz CT molecular complexity index is 652. The second kappa shape index (κ2) is 9.06. The molecule has 1 aromatic rings. The first kappa shape index (κ1) is 19.5.